The third-order valence-corrected chi connectivity index (χ3v) is 5.63. The van der Waals surface area contributed by atoms with Gasteiger partial charge >= 0.3 is 0 Å². The summed E-state index contributed by atoms with van der Waals surface area (Å²) in [6, 6.07) is 5.61. The molecule has 0 saturated heterocycles. The van der Waals surface area contributed by atoms with Crippen molar-refractivity contribution in [3.8, 4) is 32.9 Å². The van der Waals surface area contributed by atoms with Crippen molar-refractivity contribution in [1.82, 2.24) is 14.5 Å². The molecule has 0 radical (unpaired) electrons. The molecule has 0 bridgehead atoms. The normalized spacial score (nSPS) is 10.4. The minimum absolute atomic E-state index is 0.179. The zero-order valence-corrected chi connectivity index (χ0v) is 17.3. The number of hydrogen-bond acceptors (Lipinski definition) is 6. The number of aromatic nitrogens is 3. The predicted octanol–water partition coefficient (Wildman–Crippen LogP) is 3.37. The van der Waals surface area contributed by atoms with Crippen molar-refractivity contribution in [2.45, 2.75) is 20.3 Å². The molecule has 28 heavy (non-hydrogen) atoms. The zero-order valence-electron chi connectivity index (χ0n) is 16.5. The van der Waals surface area contributed by atoms with Gasteiger partial charge < -0.3 is 10.6 Å². The largest absolute Gasteiger partial charge is 0.374 e. The highest BCUT2D eigenvalue weighted by atomic mass is 32.1. The number of hydrogen-bond donors (Lipinski definition) is 1. The van der Waals surface area contributed by atoms with E-state index in [0.29, 0.717) is 5.69 Å². The van der Waals surface area contributed by atoms with E-state index in [9.17, 15) is 4.79 Å². The van der Waals surface area contributed by atoms with Gasteiger partial charge in [0.1, 0.15) is 0 Å². The molecule has 3 heterocycles. The summed E-state index contributed by atoms with van der Waals surface area (Å²) in [6.07, 6.45) is 4.41. The lowest BCUT2D eigenvalue weighted by atomic mass is 10.1. The highest BCUT2D eigenvalue weighted by molar-refractivity contribution is 7.19. The summed E-state index contributed by atoms with van der Waals surface area (Å²) < 4.78 is 1.33. The van der Waals surface area contributed by atoms with Crippen LogP contribution in [0.4, 0.5) is 11.6 Å². The Morgan fingerprint density at radius 3 is 2.71 bits per heavy atom. The van der Waals surface area contributed by atoms with Crippen LogP contribution < -0.4 is 16.2 Å². The van der Waals surface area contributed by atoms with Crippen molar-refractivity contribution < 1.29 is 0 Å². The van der Waals surface area contributed by atoms with Gasteiger partial charge in [-0.15, -0.1) is 11.3 Å². The fourth-order valence-corrected chi connectivity index (χ4v) is 3.82. The van der Waals surface area contributed by atoms with Crippen LogP contribution in [0.5, 0.6) is 0 Å². The fourth-order valence-electron chi connectivity index (χ4n) is 2.67. The summed E-state index contributed by atoms with van der Waals surface area (Å²) in [6.45, 7) is 4.96. The second-order valence-electron chi connectivity index (χ2n) is 6.35. The van der Waals surface area contributed by atoms with Gasteiger partial charge in [-0.1, -0.05) is 18.8 Å². The Hall–Kier alpha value is -3.11. The molecule has 0 unspecified atom stereocenters. The van der Waals surface area contributed by atoms with E-state index in [2.05, 4.69) is 39.7 Å². The molecular weight excluding hydrogens is 370 g/mol. The molecule has 0 amide bonds. The standard InChI is InChI=1S/C21H23N5OS/c1-5-7-8-14-9-15(13-23-12-14)20-17(25(3)6-2)11-18(28-20)16-10-19(27)26(4)21(22)24-16/h9-13H,5-6H2,1-4H3,(H2,22,24). The maximum atomic E-state index is 12.1. The Bertz CT molecular complexity index is 1120. The molecule has 0 atom stereocenters. The zero-order chi connectivity index (χ0) is 20.3. The monoisotopic (exact) mass is 393 g/mol. The second kappa shape index (κ2) is 8.28. The van der Waals surface area contributed by atoms with Gasteiger partial charge in [-0.3, -0.25) is 14.3 Å². The van der Waals surface area contributed by atoms with Gasteiger partial charge in [0.2, 0.25) is 5.95 Å². The molecule has 6 nitrogen and oxygen atoms in total. The van der Waals surface area contributed by atoms with E-state index < -0.39 is 0 Å². The molecule has 0 spiro atoms. The van der Waals surface area contributed by atoms with Crippen LogP contribution in [0, 0.1) is 11.8 Å². The highest BCUT2D eigenvalue weighted by Gasteiger charge is 2.17. The fraction of sp³-hybridized carbons (Fsp3) is 0.286. The maximum Gasteiger partial charge on any atom is 0.255 e. The first kappa shape index (κ1) is 19.6. The molecule has 144 valence electrons. The molecule has 0 aliphatic heterocycles. The third-order valence-electron chi connectivity index (χ3n) is 4.43. The van der Waals surface area contributed by atoms with Crippen LogP contribution in [0.1, 0.15) is 25.8 Å². The number of nitrogens with zero attached hydrogens (tertiary/aromatic N) is 4. The predicted molar refractivity (Wildman–Crippen MR) is 117 cm³/mol. The van der Waals surface area contributed by atoms with Gasteiger partial charge in [-0.25, -0.2) is 4.98 Å². The highest BCUT2D eigenvalue weighted by Crippen LogP contribution is 2.42. The molecule has 7 heteroatoms. The van der Waals surface area contributed by atoms with Crippen molar-refractivity contribution in [3.63, 3.8) is 0 Å². The number of thiophene rings is 1. The van der Waals surface area contributed by atoms with E-state index in [-0.39, 0.29) is 11.5 Å². The first-order chi connectivity index (χ1) is 13.4. The van der Waals surface area contributed by atoms with Gasteiger partial charge in [0.05, 0.1) is 21.1 Å². The lowest BCUT2D eigenvalue weighted by Crippen LogP contribution is -2.20. The Labute approximate surface area is 168 Å². The van der Waals surface area contributed by atoms with Gasteiger partial charge in [-0.05, 0) is 19.1 Å². The van der Waals surface area contributed by atoms with E-state index in [0.717, 1.165) is 39.5 Å². The van der Waals surface area contributed by atoms with Crippen LogP contribution in [0.15, 0.2) is 35.4 Å². The average molecular weight is 394 g/mol. The van der Waals surface area contributed by atoms with Crippen LogP contribution in [0.2, 0.25) is 0 Å². The SMILES string of the molecule is CCC#Cc1cncc(-c2sc(-c3cc(=O)n(C)c(N)n3)cc2N(C)CC)c1. The van der Waals surface area contributed by atoms with Gasteiger partial charge in [-0.2, -0.15) is 0 Å². The molecule has 0 fully saturated rings. The van der Waals surface area contributed by atoms with Gasteiger partial charge in [0.15, 0.2) is 0 Å². The topological polar surface area (TPSA) is 77.0 Å². The van der Waals surface area contributed by atoms with E-state index in [1.165, 1.54) is 10.6 Å². The Morgan fingerprint density at radius 1 is 1.25 bits per heavy atom. The summed E-state index contributed by atoms with van der Waals surface area (Å²) in [5.74, 6) is 6.41. The van der Waals surface area contributed by atoms with E-state index in [1.807, 2.05) is 26.2 Å². The summed E-state index contributed by atoms with van der Waals surface area (Å²) in [5.41, 5.74) is 9.23. The lowest BCUT2D eigenvalue weighted by molar-refractivity contribution is 0.846. The summed E-state index contributed by atoms with van der Waals surface area (Å²) in [7, 11) is 3.65. The summed E-state index contributed by atoms with van der Waals surface area (Å²) in [4.78, 5) is 25.0. The first-order valence-electron chi connectivity index (χ1n) is 9.07. The van der Waals surface area contributed by atoms with Crippen LogP contribution >= 0.6 is 11.3 Å². The lowest BCUT2D eigenvalue weighted by Gasteiger charge is -2.17. The Balaban J connectivity index is 2.15. The smallest absolute Gasteiger partial charge is 0.255 e. The third kappa shape index (κ3) is 3.92. The number of pyridine rings is 1. The van der Waals surface area contributed by atoms with Crippen LogP contribution in [-0.4, -0.2) is 28.1 Å². The number of nitrogen functional groups attached to an aromatic ring is 1. The summed E-state index contributed by atoms with van der Waals surface area (Å²) in [5, 5.41) is 0. The van der Waals surface area contributed by atoms with Crippen molar-refractivity contribution in [2.24, 2.45) is 7.05 Å². The minimum Gasteiger partial charge on any atom is -0.374 e. The molecule has 2 N–H and O–H groups in total. The van der Waals surface area contributed by atoms with Gasteiger partial charge in [0, 0.05) is 56.6 Å². The average Bonchev–Trinajstić information content (AvgIpc) is 3.15. The number of nitrogens with two attached hydrogens (primary N) is 1. The molecule has 3 aromatic heterocycles. The molecular formula is C21H23N5OS. The summed E-state index contributed by atoms with van der Waals surface area (Å²) >= 11 is 1.57. The Kier molecular flexibility index (Phi) is 5.81. The second-order valence-corrected chi connectivity index (χ2v) is 7.41. The van der Waals surface area contributed by atoms with Crippen molar-refractivity contribution >= 4 is 23.0 Å². The minimum atomic E-state index is -0.179. The van der Waals surface area contributed by atoms with Crippen LogP contribution in [0.3, 0.4) is 0 Å². The van der Waals surface area contributed by atoms with E-state index in [1.54, 1.807) is 24.6 Å². The maximum absolute atomic E-state index is 12.1. The first-order valence-corrected chi connectivity index (χ1v) is 9.89. The van der Waals surface area contributed by atoms with Crippen LogP contribution in [0.25, 0.3) is 21.0 Å². The molecule has 0 aliphatic carbocycles. The van der Waals surface area contributed by atoms with Crippen LogP contribution in [-0.2, 0) is 7.05 Å². The Morgan fingerprint density at radius 2 is 2.04 bits per heavy atom. The number of rotatable bonds is 4. The van der Waals surface area contributed by atoms with E-state index in [4.69, 9.17) is 5.73 Å². The quantitative estimate of drug-likeness (QED) is 0.688. The number of anilines is 2. The molecule has 0 aliphatic rings. The molecule has 3 rings (SSSR count). The molecule has 3 aromatic rings. The molecule has 0 saturated carbocycles. The van der Waals surface area contributed by atoms with Gasteiger partial charge in [0.25, 0.3) is 5.56 Å². The van der Waals surface area contributed by atoms with Crippen molar-refractivity contribution in [1.29, 1.82) is 0 Å². The van der Waals surface area contributed by atoms with Crippen molar-refractivity contribution in [2.75, 3.05) is 24.2 Å². The molecule has 0 aromatic carbocycles. The van der Waals surface area contributed by atoms with E-state index >= 15 is 0 Å². The van der Waals surface area contributed by atoms with Crippen molar-refractivity contribution in [3.05, 3.63) is 46.5 Å².